The molecule has 0 radical (unpaired) electrons. The highest BCUT2D eigenvalue weighted by atomic mass is 16.4. The first-order chi connectivity index (χ1) is 9.52. The molecule has 2 rings (SSSR count). The lowest BCUT2D eigenvalue weighted by molar-refractivity contribution is -0.150. The van der Waals surface area contributed by atoms with Gasteiger partial charge < -0.3 is 15.7 Å². The predicted octanol–water partition coefficient (Wildman–Crippen LogP) is 1.40. The van der Waals surface area contributed by atoms with Crippen molar-refractivity contribution < 1.29 is 14.7 Å². The van der Waals surface area contributed by atoms with E-state index >= 15 is 0 Å². The van der Waals surface area contributed by atoms with Gasteiger partial charge in [0.25, 0.3) is 0 Å². The summed E-state index contributed by atoms with van der Waals surface area (Å²) < 4.78 is 0. The molecule has 1 heterocycles. The highest BCUT2D eigenvalue weighted by Crippen LogP contribution is 2.25. The Hall–Kier alpha value is -1.88. The van der Waals surface area contributed by atoms with Crippen LogP contribution in [0.4, 0.5) is 0 Å². The highest BCUT2D eigenvalue weighted by Gasteiger charge is 2.37. The first kappa shape index (κ1) is 14.5. The van der Waals surface area contributed by atoms with Gasteiger partial charge in [-0.3, -0.25) is 4.79 Å². The van der Waals surface area contributed by atoms with E-state index in [9.17, 15) is 9.59 Å². The molecule has 1 saturated heterocycles. The molecule has 0 aromatic heterocycles. The topological polar surface area (TPSA) is 83.6 Å². The minimum absolute atomic E-state index is 0.175. The van der Waals surface area contributed by atoms with E-state index < -0.39 is 24.0 Å². The molecular weight excluding hydrogens is 256 g/mol. The number of carbonyl (C=O) groups is 2. The molecule has 5 nitrogen and oxygen atoms in total. The predicted molar refractivity (Wildman–Crippen MR) is 74.9 cm³/mol. The van der Waals surface area contributed by atoms with E-state index in [1.54, 1.807) is 6.92 Å². The summed E-state index contributed by atoms with van der Waals surface area (Å²) in [5.74, 6) is -1.54. The van der Waals surface area contributed by atoms with E-state index in [-0.39, 0.29) is 5.91 Å². The maximum absolute atomic E-state index is 12.5. The van der Waals surface area contributed by atoms with E-state index in [1.165, 1.54) is 4.90 Å². The number of carbonyl (C=O) groups excluding carboxylic acids is 1. The van der Waals surface area contributed by atoms with Crippen LogP contribution in [-0.2, 0) is 9.59 Å². The number of carboxylic acid groups (broad SMARTS) is 1. The van der Waals surface area contributed by atoms with Crippen LogP contribution < -0.4 is 5.73 Å². The van der Waals surface area contributed by atoms with Gasteiger partial charge in [-0.2, -0.15) is 0 Å². The molecule has 0 saturated carbocycles. The third-order valence-corrected chi connectivity index (χ3v) is 3.93. The number of amides is 1. The molecule has 1 aliphatic heterocycles. The molecule has 1 amide bonds. The summed E-state index contributed by atoms with van der Waals surface area (Å²) in [6.45, 7) is 2.26. The fraction of sp³-hybridized carbons (Fsp3) is 0.467. The smallest absolute Gasteiger partial charge is 0.326 e. The van der Waals surface area contributed by atoms with Crippen LogP contribution >= 0.6 is 0 Å². The number of hydrogen-bond acceptors (Lipinski definition) is 3. The molecule has 0 spiro atoms. The Kier molecular flexibility index (Phi) is 4.39. The molecule has 1 aliphatic rings. The Morgan fingerprint density at radius 2 is 2.00 bits per heavy atom. The van der Waals surface area contributed by atoms with Gasteiger partial charge in [0.2, 0.25) is 5.91 Å². The summed E-state index contributed by atoms with van der Waals surface area (Å²) >= 11 is 0. The zero-order valence-corrected chi connectivity index (χ0v) is 11.5. The molecule has 1 aromatic rings. The summed E-state index contributed by atoms with van der Waals surface area (Å²) in [4.78, 5) is 25.1. The fourth-order valence-corrected chi connectivity index (χ4v) is 2.67. The third-order valence-electron chi connectivity index (χ3n) is 3.93. The molecule has 2 unspecified atom stereocenters. The SMILES string of the molecule is CC(C(=O)N1CCC[C@@H]1C(=O)O)C(N)c1ccccc1. The van der Waals surface area contributed by atoms with Crippen LogP contribution in [0.5, 0.6) is 0 Å². The van der Waals surface area contributed by atoms with Crippen LogP contribution in [-0.4, -0.2) is 34.5 Å². The van der Waals surface area contributed by atoms with Crippen molar-refractivity contribution in [3.63, 3.8) is 0 Å². The van der Waals surface area contributed by atoms with Crippen molar-refractivity contribution in [2.45, 2.75) is 31.8 Å². The second-order valence-corrected chi connectivity index (χ2v) is 5.25. The Morgan fingerprint density at radius 1 is 1.35 bits per heavy atom. The molecule has 108 valence electrons. The second-order valence-electron chi connectivity index (χ2n) is 5.25. The number of benzene rings is 1. The number of aliphatic carboxylic acids is 1. The number of likely N-dealkylation sites (tertiary alicyclic amines) is 1. The van der Waals surface area contributed by atoms with E-state index in [2.05, 4.69) is 0 Å². The Morgan fingerprint density at radius 3 is 2.60 bits per heavy atom. The van der Waals surface area contributed by atoms with Gasteiger partial charge in [0.1, 0.15) is 6.04 Å². The van der Waals surface area contributed by atoms with E-state index in [0.717, 1.165) is 12.0 Å². The first-order valence-electron chi connectivity index (χ1n) is 6.86. The van der Waals surface area contributed by atoms with Gasteiger partial charge in [0.15, 0.2) is 0 Å². The minimum atomic E-state index is -0.934. The molecule has 1 aromatic carbocycles. The van der Waals surface area contributed by atoms with Gasteiger partial charge in [-0.05, 0) is 18.4 Å². The van der Waals surface area contributed by atoms with Gasteiger partial charge in [-0.15, -0.1) is 0 Å². The summed E-state index contributed by atoms with van der Waals surface area (Å²) in [6.07, 6.45) is 1.25. The molecule has 20 heavy (non-hydrogen) atoms. The van der Waals surface area contributed by atoms with Crippen molar-refractivity contribution in [2.75, 3.05) is 6.54 Å². The van der Waals surface area contributed by atoms with Crippen molar-refractivity contribution >= 4 is 11.9 Å². The van der Waals surface area contributed by atoms with Crippen LogP contribution in [0.3, 0.4) is 0 Å². The average molecular weight is 276 g/mol. The fourth-order valence-electron chi connectivity index (χ4n) is 2.67. The Bertz CT molecular complexity index is 489. The lowest BCUT2D eigenvalue weighted by Crippen LogP contribution is -2.45. The average Bonchev–Trinajstić information content (AvgIpc) is 2.95. The Balaban J connectivity index is 2.10. The van der Waals surface area contributed by atoms with E-state index in [1.807, 2.05) is 30.3 Å². The van der Waals surface area contributed by atoms with Crippen molar-refractivity contribution in [2.24, 2.45) is 11.7 Å². The standard InChI is InChI=1S/C15H20N2O3/c1-10(13(16)11-6-3-2-4-7-11)14(18)17-9-5-8-12(17)15(19)20/h2-4,6-7,10,12-13H,5,8-9,16H2,1H3,(H,19,20)/t10?,12-,13?/m1/s1. The van der Waals surface area contributed by atoms with Crippen molar-refractivity contribution in [1.82, 2.24) is 4.90 Å². The number of rotatable bonds is 4. The maximum Gasteiger partial charge on any atom is 0.326 e. The lowest BCUT2D eigenvalue weighted by atomic mass is 9.94. The van der Waals surface area contributed by atoms with Gasteiger partial charge in [0.05, 0.1) is 5.92 Å². The van der Waals surface area contributed by atoms with Crippen molar-refractivity contribution in [3.05, 3.63) is 35.9 Å². The number of nitrogens with two attached hydrogens (primary N) is 1. The van der Waals surface area contributed by atoms with Gasteiger partial charge in [-0.1, -0.05) is 37.3 Å². The largest absolute Gasteiger partial charge is 0.480 e. The zero-order valence-electron chi connectivity index (χ0n) is 11.5. The number of hydrogen-bond donors (Lipinski definition) is 2. The zero-order chi connectivity index (χ0) is 14.7. The van der Waals surface area contributed by atoms with Crippen LogP contribution in [0.15, 0.2) is 30.3 Å². The second kappa shape index (κ2) is 6.05. The van der Waals surface area contributed by atoms with Gasteiger partial charge in [-0.25, -0.2) is 4.79 Å². The number of carboxylic acids is 1. The third kappa shape index (κ3) is 2.82. The van der Waals surface area contributed by atoms with Crippen LogP contribution in [0, 0.1) is 5.92 Å². The van der Waals surface area contributed by atoms with Gasteiger partial charge >= 0.3 is 5.97 Å². The van der Waals surface area contributed by atoms with E-state index in [4.69, 9.17) is 10.8 Å². The molecular formula is C15H20N2O3. The molecule has 0 bridgehead atoms. The normalized spacial score (nSPS) is 21.5. The Labute approximate surface area is 118 Å². The van der Waals surface area contributed by atoms with E-state index in [0.29, 0.717) is 13.0 Å². The van der Waals surface area contributed by atoms with Gasteiger partial charge in [0, 0.05) is 12.6 Å². The van der Waals surface area contributed by atoms with Crippen molar-refractivity contribution in [1.29, 1.82) is 0 Å². The summed E-state index contributed by atoms with van der Waals surface area (Å²) in [7, 11) is 0. The lowest BCUT2D eigenvalue weighted by Gasteiger charge is -2.28. The summed E-state index contributed by atoms with van der Waals surface area (Å²) in [5.41, 5.74) is 7.02. The quantitative estimate of drug-likeness (QED) is 0.870. The first-order valence-corrected chi connectivity index (χ1v) is 6.86. The molecule has 3 N–H and O–H groups in total. The van der Waals surface area contributed by atoms with Crippen LogP contribution in [0.25, 0.3) is 0 Å². The van der Waals surface area contributed by atoms with Crippen LogP contribution in [0.1, 0.15) is 31.4 Å². The molecule has 0 aliphatic carbocycles. The minimum Gasteiger partial charge on any atom is -0.480 e. The highest BCUT2D eigenvalue weighted by molar-refractivity contribution is 5.86. The monoisotopic (exact) mass is 276 g/mol. The van der Waals surface area contributed by atoms with Crippen LogP contribution in [0.2, 0.25) is 0 Å². The maximum atomic E-state index is 12.5. The molecule has 3 atom stereocenters. The molecule has 5 heteroatoms. The van der Waals surface area contributed by atoms with Crippen molar-refractivity contribution in [3.8, 4) is 0 Å². The molecule has 1 fully saturated rings. The number of nitrogens with zero attached hydrogens (tertiary/aromatic N) is 1. The summed E-state index contributed by atoms with van der Waals surface area (Å²) in [5, 5.41) is 9.14. The summed E-state index contributed by atoms with van der Waals surface area (Å²) in [6, 6.07) is 8.29.